The van der Waals surface area contributed by atoms with Gasteiger partial charge in [-0.3, -0.25) is 4.79 Å². The predicted octanol–water partition coefficient (Wildman–Crippen LogP) is 2.87. The van der Waals surface area contributed by atoms with E-state index >= 15 is 0 Å². The van der Waals surface area contributed by atoms with Crippen LogP contribution in [0.1, 0.15) is 58.8 Å². The van der Waals surface area contributed by atoms with Gasteiger partial charge in [0.05, 0.1) is 0 Å². The molecule has 0 atom stereocenters. The molecule has 1 aliphatic rings. The van der Waals surface area contributed by atoms with Crippen LogP contribution in [0.15, 0.2) is 0 Å². The average molecular weight is 185 g/mol. The van der Waals surface area contributed by atoms with E-state index in [1.54, 1.807) is 0 Å². The Bertz CT molecular complexity index is 107. The largest absolute Gasteiger partial charge is 0.356 e. The topological polar surface area (TPSA) is 29.1 Å². The number of unbranched alkanes of at least 4 members (excludes halogenated alkanes) is 2. The van der Waals surface area contributed by atoms with E-state index in [0.717, 1.165) is 6.41 Å². The van der Waals surface area contributed by atoms with E-state index in [-0.39, 0.29) is 0 Å². The van der Waals surface area contributed by atoms with E-state index in [0.29, 0.717) is 6.04 Å². The van der Waals surface area contributed by atoms with Gasteiger partial charge in [0.15, 0.2) is 0 Å². The van der Waals surface area contributed by atoms with Crippen molar-refractivity contribution in [2.45, 2.75) is 64.8 Å². The average Bonchev–Trinajstić information content (AvgIpc) is 2.60. The van der Waals surface area contributed by atoms with Gasteiger partial charge in [0, 0.05) is 6.04 Å². The summed E-state index contributed by atoms with van der Waals surface area (Å²) >= 11 is 0. The summed E-state index contributed by atoms with van der Waals surface area (Å²) < 4.78 is 0. The number of nitrogens with one attached hydrogen (secondary N) is 1. The molecule has 1 amide bonds. The van der Waals surface area contributed by atoms with E-state index in [1.165, 1.54) is 44.9 Å². The van der Waals surface area contributed by atoms with Crippen LogP contribution in [0, 0.1) is 0 Å². The maximum Gasteiger partial charge on any atom is 0.207 e. The van der Waals surface area contributed by atoms with Crippen LogP contribution >= 0.6 is 0 Å². The van der Waals surface area contributed by atoms with Crippen molar-refractivity contribution < 1.29 is 4.79 Å². The van der Waals surface area contributed by atoms with E-state index in [2.05, 4.69) is 19.2 Å². The molecule has 1 N–H and O–H groups in total. The van der Waals surface area contributed by atoms with Crippen LogP contribution in [0.5, 0.6) is 0 Å². The van der Waals surface area contributed by atoms with Crippen LogP contribution in [0.25, 0.3) is 0 Å². The zero-order valence-corrected chi connectivity index (χ0v) is 9.01. The number of carbonyl (C=O) groups excluding carboxylic acids is 1. The molecule has 1 fully saturated rings. The molecule has 0 aliphatic heterocycles. The van der Waals surface area contributed by atoms with Gasteiger partial charge in [0.2, 0.25) is 6.41 Å². The quantitative estimate of drug-likeness (QED) is 0.670. The lowest BCUT2D eigenvalue weighted by Gasteiger charge is -2.03. The Morgan fingerprint density at radius 2 is 1.77 bits per heavy atom. The van der Waals surface area contributed by atoms with Crippen molar-refractivity contribution in [2.24, 2.45) is 0 Å². The fraction of sp³-hybridized carbons (Fsp3) is 0.909. The molecule has 1 saturated carbocycles. The second kappa shape index (κ2) is 9.56. The third-order valence-corrected chi connectivity index (χ3v) is 2.37. The number of amides is 1. The molecule has 0 saturated heterocycles. The second-order valence-corrected chi connectivity index (χ2v) is 3.62. The molecule has 0 unspecified atom stereocenters. The molecular formula is C11H23NO. The van der Waals surface area contributed by atoms with E-state index in [4.69, 9.17) is 0 Å². The Hall–Kier alpha value is -0.530. The summed E-state index contributed by atoms with van der Waals surface area (Å²) in [6, 6.07) is 0.493. The first kappa shape index (κ1) is 12.5. The monoisotopic (exact) mass is 185 g/mol. The number of carbonyl (C=O) groups is 1. The standard InChI is InChI=1S/C6H11NO.C5H12/c8-5-7-6-3-1-2-4-6;1-3-5-4-2/h5-6H,1-4H2,(H,7,8);3-5H2,1-2H3. The molecule has 13 heavy (non-hydrogen) atoms. The Balaban J connectivity index is 0.000000252. The lowest BCUT2D eigenvalue weighted by atomic mass is 10.3. The Labute approximate surface area is 82.1 Å². The summed E-state index contributed by atoms with van der Waals surface area (Å²) in [5.74, 6) is 0. The molecule has 2 heteroatoms. The van der Waals surface area contributed by atoms with Crippen molar-refractivity contribution in [3.8, 4) is 0 Å². The molecule has 1 rings (SSSR count). The van der Waals surface area contributed by atoms with Gasteiger partial charge in [0.25, 0.3) is 0 Å². The molecule has 0 aromatic heterocycles. The summed E-state index contributed by atoms with van der Waals surface area (Å²) in [4.78, 5) is 9.85. The fourth-order valence-electron chi connectivity index (χ4n) is 1.54. The minimum absolute atomic E-state index is 0.493. The van der Waals surface area contributed by atoms with Crippen molar-refractivity contribution in [1.29, 1.82) is 0 Å². The van der Waals surface area contributed by atoms with E-state index in [9.17, 15) is 4.79 Å². The van der Waals surface area contributed by atoms with Gasteiger partial charge in [0.1, 0.15) is 0 Å². The highest BCUT2D eigenvalue weighted by molar-refractivity contribution is 5.46. The molecular weight excluding hydrogens is 162 g/mol. The second-order valence-electron chi connectivity index (χ2n) is 3.62. The van der Waals surface area contributed by atoms with Crippen LogP contribution in [0.3, 0.4) is 0 Å². The molecule has 0 aromatic carbocycles. The predicted molar refractivity (Wildman–Crippen MR) is 56.7 cm³/mol. The lowest BCUT2D eigenvalue weighted by Crippen LogP contribution is -2.23. The van der Waals surface area contributed by atoms with Crippen molar-refractivity contribution >= 4 is 6.41 Å². The van der Waals surface area contributed by atoms with Gasteiger partial charge in [-0.15, -0.1) is 0 Å². The molecule has 78 valence electrons. The number of hydrogen-bond acceptors (Lipinski definition) is 1. The van der Waals surface area contributed by atoms with Crippen LogP contribution in [0.2, 0.25) is 0 Å². The maximum atomic E-state index is 9.85. The molecule has 0 bridgehead atoms. The normalized spacial score (nSPS) is 16.2. The highest BCUT2D eigenvalue weighted by atomic mass is 16.1. The van der Waals surface area contributed by atoms with Gasteiger partial charge in [-0.2, -0.15) is 0 Å². The minimum atomic E-state index is 0.493. The molecule has 2 nitrogen and oxygen atoms in total. The van der Waals surface area contributed by atoms with Crippen LogP contribution in [0.4, 0.5) is 0 Å². The highest BCUT2D eigenvalue weighted by Crippen LogP contribution is 2.16. The highest BCUT2D eigenvalue weighted by Gasteiger charge is 2.12. The van der Waals surface area contributed by atoms with Crippen molar-refractivity contribution in [3.05, 3.63) is 0 Å². The summed E-state index contributed by atoms with van der Waals surface area (Å²) in [7, 11) is 0. The zero-order valence-electron chi connectivity index (χ0n) is 9.01. The Morgan fingerprint density at radius 3 is 2.08 bits per heavy atom. The molecule has 0 radical (unpaired) electrons. The van der Waals surface area contributed by atoms with Gasteiger partial charge < -0.3 is 5.32 Å². The summed E-state index contributed by atoms with van der Waals surface area (Å²) in [5.41, 5.74) is 0. The van der Waals surface area contributed by atoms with Gasteiger partial charge >= 0.3 is 0 Å². The minimum Gasteiger partial charge on any atom is -0.356 e. The molecule has 0 spiro atoms. The number of hydrogen-bond donors (Lipinski definition) is 1. The molecule has 1 aliphatic carbocycles. The molecule has 0 aromatic rings. The third-order valence-electron chi connectivity index (χ3n) is 2.37. The van der Waals surface area contributed by atoms with E-state index < -0.39 is 0 Å². The van der Waals surface area contributed by atoms with Gasteiger partial charge in [-0.05, 0) is 12.8 Å². The summed E-state index contributed by atoms with van der Waals surface area (Å²) in [6.07, 6.45) is 9.80. The van der Waals surface area contributed by atoms with Crippen LogP contribution in [-0.4, -0.2) is 12.5 Å². The van der Waals surface area contributed by atoms with Gasteiger partial charge in [-0.1, -0.05) is 46.0 Å². The van der Waals surface area contributed by atoms with Crippen LogP contribution in [-0.2, 0) is 4.79 Å². The zero-order chi connectivity index (χ0) is 9.94. The Morgan fingerprint density at radius 1 is 1.23 bits per heavy atom. The smallest absolute Gasteiger partial charge is 0.207 e. The number of rotatable bonds is 4. The SMILES string of the molecule is CCCCC.O=CNC1CCCC1. The first-order valence-corrected chi connectivity index (χ1v) is 5.54. The third kappa shape index (κ3) is 7.82. The van der Waals surface area contributed by atoms with Crippen LogP contribution < -0.4 is 5.32 Å². The first-order valence-electron chi connectivity index (χ1n) is 5.54. The lowest BCUT2D eigenvalue weighted by molar-refractivity contribution is -0.110. The Kier molecular flexibility index (Phi) is 9.17. The summed E-state index contributed by atoms with van der Waals surface area (Å²) in [6.45, 7) is 4.42. The van der Waals surface area contributed by atoms with Crippen molar-refractivity contribution in [2.75, 3.05) is 0 Å². The van der Waals surface area contributed by atoms with Crippen molar-refractivity contribution in [3.63, 3.8) is 0 Å². The molecule has 0 heterocycles. The summed E-state index contributed by atoms with van der Waals surface area (Å²) in [5, 5.41) is 2.76. The first-order chi connectivity index (χ1) is 6.35. The van der Waals surface area contributed by atoms with Gasteiger partial charge in [-0.25, -0.2) is 0 Å². The fourth-order valence-corrected chi connectivity index (χ4v) is 1.54. The van der Waals surface area contributed by atoms with Crippen molar-refractivity contribution in [1.82, 2.24) is 5.32 Å². The van der Waals surface area contributed by atoms with E-state index in [1.807, 2.05) is 0 Å². The maximum absolute atomic E-state index is 9.85.